The fourth-order valence-corrected chi connectivity index (χ4v) is 6.98. The summed E-state index contributed by atoms with van der Waals surface area (Å²) in [4.78, 5) is 46.8. The largest absolute Gasteiger partial charge is 0.444 e. The monoisotopic (exact) mass is 683 g/mol. The highest BCUT2D eigenvalue weighted by atomic mass is 35.5. The van der Waals surface area contributed by atoms with E-state index in [2.05, 4.69) is 10.2 Å². The van der Waals surface area contributed by atoms with Crippen LogP contribution in [0.4, 0.5) is 4.79 Å². The number of amides is 3. The third-order valence-electron chi connectivity index (χ3n) is 8.37. The lowest BCUT2D eigenvalue weighted by Gasteiger charge is -2.39. The molecule has 0 bridgehead atoms. The Morgan fingerprint density at radius 3 is 2.26 bits per heavy atom. The van der Waals surface area contributed by atoms with Crippen molar-refractivity contribution in [1.82, 2.24) is 24.0 Å². The van der Waals surface area contributed by atoms with Crippen molar-refractivity contribution >= 4 is 39.5 Å². The Labute approximate surface area is 281 Å². The maximum Gasteiger partial charge on any atom is 0.411 e. The van der Waals surface area contributed by atoms with Crippen LogP contribution in [0.5, 0.6) is 0 Å². The second-order valence-corrected chi connectivity index (χ2v) is 15.4. The average Bonchev–Trinajstić information content (AvgIpc) is 3.49. The van der Waals surface area contributed by atoms with E-state index in [0.29, 0.717) is 43.4 Å². The summed E-state index contributed by atoms with van der Waals surface area (Å²) in [7, 11) is -3.42. The molecular weight excluding hydrogens is 642 g/mol. The number of hydrogen-bond acceptors (Lipinski definition) is 7. The Hall–Kier alpha value is -3.87. The highest BCUT2D eigenvalue weighted by Gasteiger charge is 2.39. The minimum absolute atomic E-state index is 0.212. The number of carbonyl (C=O) groups excluding carboxylic acids is 3. The molecule has 47 heavy (non-hydrogen) atoms. The summed E-state index contributed by atoms with van der Waals surface area (Å²) in [6, 6.07) is 16.5. The number of fused-ring (bicyclic) bond motifs is 1. The SMILES string of the molecule is CC(C)(C)OC(=O)N1Cc2ccccc2C[C@@H]1C(=O)N[C@H](Cc1ccc(Cl)cc1)C(=O)N1CCN(Cc2cccn2S(C)(=O)=O)CC1. The minimum atomic E-state index is -3.42. The summed E-state index contributed by atoms with van der Waals surface area (Å²) < 4.78 is 31.2. The van der Waals surface area contributed by atoms with Gasteiger partial charge in [0.15, 0.2) is 0 Å². The van der Waals surface area contributed by atoms with Crippen LogP contribution in [-0.4, -0.2) is 95.1 Å². The predicted molar refractivity (Wildman–Crippen MR) is 179 cm³/mol. The fraction of sp³-hybridized carbons (Fsp3) is 0.441. The van der Waals surface area contributed by atoms with Crippen molar-refractivity contribution in [3.8, 4) is 0 Å². The van der Waals surface area contributed by atoms with Gasteiger partial charge in [-0.1, -0.05) is 48.0 Å². The van der Waals surface area contributed by atoms with E-state index in [4.69, 9.17) is 16.3 Å². The van der Waals surface area contributed by atoms with Gasteiger partial charge in [0.2, 0.25) is 21.8 Å². The highest BCUT2D eigenvalue weighted by molar-refractivity contribution is 7.89. The first-order valence-electron chi connectivity index (χ1n) is 15.7. The van der Waals surface area contributed by atoms with Crippen LogP contribution >= 0.6 is 11.6 Å². The minimum Gasteiger partial charge on any atom is -0.444 e. The van der Waals surface area contributed by atoms with E-state index in [1.54, 1.807) is 49.9 Å². The Morgan fingerprint density at radius 2 is 1.62 bits per heavy atom. The van der Waals surface area contributed by atoms with Gasteiger partial charge in [0.1, 0.15) is 17.7 Å². The number of hydrogen-bond donors (Lipinski definition) is 1. The summed E-state index contributed by atoms with van der Waals surface area (Å²) >= 11 is 6.12. The highest BCUT2D eigenvalue weighted by Crippen LogP contribution is 2.26. The number of aromatic nitrogens is 1. The summed E-state index contributed by atoms with van der Waals surface area (Å²) in [5.41, 5.74) is 2.64. The maximum absolute atomic E-state index is 14.1. The topological polar surface area (TPSA) is 121 Å². The molecule has 1 fully saturated rings. The Morgan fingerprint density at radius 1 is 0.957 bits per heavy atom. The molecule has 0 unspecified atom stereocenters. The normalized spacial score (nSPS) is 17.9. The smallest absolute Gasteiger partial charge is 0.411 e. The molecule has 13 heteroatoms. The van der Waals surface area contributed by atoms with Crippen molar-refractivity contribution in [2.24, 2.45) is 0 Å². The van der Waals surface area contributed by atoms with Gasteiger partial charge in [-0.05, 0) is 61.7 Å². The number of rotatable bonds is 8. The first-order valence-corrected chi connectivity index (χ1v) is 17.9. The average molecular weight is 684 g/mol. The van der Waals surface area contributed by atoms with Crippen molar-refractivity contribution in [3.63, 3.8) is 0 Å². The summed E-state index contributed by atoms with van der Waals surface area (Å²) in [5, 5.41) is 3.56. The first kappa shape index (κ1) is 34.5. The van der Waals surface area contributed by atoms with Gasteiger partial charge in [0.25, 0.3) is 0 Å². The van der Waals surface area contributed by atoms with E-state index < -0.39 is 39.7 Å². The molecule has 3 heterocycles. The van der Waals surface area contributed by atoms with Crippen molar-refractivity contribution in [1.29, 1.82) is 0 Å². The van der Waals surface area contributed by atoms with Crippen LogP contribution in [0.1, 0.15) is 43.2 Å². The molecular formula is C34H42ClN5O6S. The van der Waals surface area contributed by atoms with Crippen LogP contribution in [0.15, 0.2) is 66.9 Å². The molecule has 2 atom stereocenters. The van der Waals surface area contributed by atoms with E-state index in [-0.39, 0.29) is 25.3 Å². The maximum atomic E-state index is 14.1. The Balaban J connectivity index is 1.33. The van der Waals surface area contributed by atoms with Crippen LogP contribution in [0.25, 0.3) is 0 Å². The molecule has 1 aromatic heterocycles. The van der Waals surface area contributed by atoms with Gasteiger partial charge in [-0.2, -0.15) is 0 Å². The Kier molecular flexibility index (Phi) is 10.3. The molecule has 0 radical (unpaired) electrons. The fourth-order valence-electron chi connectivity index (χ4n) is 6.02. The Bertz CT molecular complexity index is 1710. The van der Waals surface area contributed by atoms with Crippen LogP contribution in [0.3, 0.4) is 0 Å². The third kappa shape index (κ3) is 8.74. The summed E-state index contributed by atoms with van der Waals surface area (Å²) in [6.07, 6.45) is 2.63. The number of ether oxygens (including phenoxy) is 1. The van der Waals surface area contributed by atoms with Crippen LogP contribution < -0.4 is 5.32 Å². The van der Waals surface area contributed by atoms with E-state index in [0.717, 1.165) is 16.7 Å². The van der Waals surface area contributed by atoms with E-state index in [1.807, 2.05) is 36.4 Å². The molecule has 252 valence electrons. The number of benzene rings is 2. The first-order chi connectivity index (χ1) is 22.2. The molecule has 3 aromatic rings. The zero-order valence-electron chi connectivity index (χ0n) is 27.2. The van der Waals surface area contributed by atoms with E-state index in [1.165, 1.54) is 21.3 Å². The van der Waals surface area contributed by atoms with Crippen LogP contribution in [0.2, 0.25) is 5.02 Å². The number of nitrogens with one attached hydrogen (secondary N) is 1. The van der Waals surface area contributed by atoms with E-state index >= 15 is 0 Å². The third-order valence-corrected chi connectivity index (χ3v) is 9.69. The van der Waals surface area contributed by atoms with Gasteiger partial charge < -0.3 is 15.0 Å². The second kappa shape index (κ2) is 14.1. The molecule has 5 rings (SSSR count). The van der Waals surface area contributed by atoms with Crippen LogP contribution in [0, 0.1) is 0 Å². The number of halogens is 1. The second-order valence-electron chi connectivity index (χ2n) is 13.1. The molecule has 1 N–H and O–H groups in total. The lowest BCUT2D eigenvalue weighted by atomic mass is 9.93. The van der Waals surface area contributed by atoms with Crippen molar-refractivity contribution in [2.75, 3.05) is 32.4 Å². The molecule has 2 aromatic carbocycles. The van der Waals surface area contributed by atoms with Crippen molar-refractivity contribution in [3.05, 3.63) is 94.3 Å². The zero-order chi connectivity index (χ0) is 33.9. The molecule has 0 spiro atoms. The summed E-state index contributed by atoms with van der Waals surface area (Å²) in [5.74, 6) is -0.662. The van der Waals surface area contributed by atoms with Gasteiger partial charge in [0, 0.05) is 62.5 Å². The van der Waals surface area contributed by atoms with E-state index in [9.17, 15) is 22.8 Å². The van der Waals surface area contributed by atoms with Crippen LogP contribution in [-0.2, 0) is 50.3 Å². The molecule has 3 amide bonds. The van der Waals surface area contributed by atoms with Gasteiger partial charge in [0.05, 0.1) is 12.8 Å². The van der Waals surface area contributed by atoms with Crippen molar-refractivity contribution < 1.29 is 27.5 Å². The summed E-state index contributed by atoms with van der Waals surface area (Å²) in [6.45, 7) is 7.87. The zero-order valence-corrected chi connectivity index (χ0v) is 28.8. The predicted octanol–water partition coefficient (Wildman–Crippen LogP) is 3.68. The molecule has 1 saturated heterocycles. The molecule has 11 nitrogen and oxygen atoms in total. The van der Waals surface area contributed by atoms with Crippen molar-refractivity contribution in [2.45, 2.75) is 64.4 Å². The molecule has 2 aliphatic rings. The number of carbonyl (C=O) groups is 3. The van der Waals surface area contributed by atoms with Gasteiger partial charge in [-0.25, -0.2) is 17.2 Å². The standard InChI is InChI=1S/C34H42ClN5O6S/c1-34(2,3)46-33(43)39-22-26-9-6-5-8-25(26)21-30(39)31(41)36-29(20-24-11-13-27(35)14-12-24)32(42)38-18-16-37(17-19-38)23-28-10-7-15-40(28)47(4,44)45/h5-15,29-30H,16-23H2,1-4H3,(H,36,41)/t29-,30-/m1/s1. The van der Waals surface area contributed by atoms with Gasteiger partial charge >= 0.3 is 6.09 Å². The molecule has 2 aliphatic heterocycles. The van der Waals surface area contributed by atoms with Gasteiger partial charge in [-0.15, -0.1) is 0 Å². The molecule has 0 aliphatic carbocycles. The number of nitrogens with zero attached hydrogens (tertiary/aromatic N) is 4. The number of piperazine rings is 1. The quantitative estimate of drug-likeness (QED) is 0.385. The van der Waals surface area contributed by atoms with Gasteiger partial charge in [-0.3, -0.25) is 19.4 Å². The molecule has 0 saturated carbocycles. The lowest BCUT2D eigenvalue weighted by Crippen LogP contribution is -2.59. The lowest BCUT2D eigenvalue weighted by molar-refractivity contribution is -0.139.